The average molecular weight is 224 g/mol. The summed E-state index contributed by atoms with van der Waals surface area (Å²) in [5.74, 6) is 0.278. The summed E-state index contributed by atoms with van der Waals surface area (Å²) >= 11 is 11.1. The minimum absolute atomic E-state index is 0.261. The molecule has 1 heterocycles. The van der Waals surface area contributed by atoms with E-state index in [-0.39, 0.29) is 10.4 Å². The molecule has 12 heavy (non-hydrogen) atoms. The van der Waals surface area contributed by atoms with Gasteiger partial charge >= 0.3 is 0 Å². The Labute approximate surface area is 85.0 Å². The van der Waals surface area contributed by atoms with Crippen LogP contribution in [0.3, 0.4) is 0 Å². The van der Waals surface area contributed by atoms with Crippen LogP contribution < -0.4 is 0 Å². The molecule has 0 aromatic carbocycles. The number of amides is 1. The van der Waals surface area contributed by atoms with Crippen LogP contribution in [0.4, 0.5) is 0 Å². The lowest BCUT2D eigenvalue weighted by molar-refractivity contribution is -0.127. The summed E-state index contributed by atoms with van der Waals surface area (Å²) in [6, 6.07) is 0.934. The third-order valence-corrected chi connectivity index (χ3v) is 3.60. The number of hydrogen-bond acceptors (Lipinski definition) is 1. The van der Waals surface area contributed by atoms with E-state index >= 15 is 0 Å². The molecule has 2 radical (unpaired) electrons. The van der Waals surface area contributed by atoms with Gasteiger partial charge in [0.2, 0.25) is 5.91 Å². The van der Waals surface area contributed by atoms with Crippen LogP contribution in [0.15, 0.2) is 0 Å². The second-order valence-corrected chi connectivity index (χ2v) is 6.05. The molecular weight excluding hydrogens is 213 g/mol. The van der Waals surface area contributed by atoms with Crippen molar-refractivity contribution >= 4 is 38.6 Å². The van der Waals surface area contributed by atoms with E-state index in [1.807, 2.05) is 4.90 Å². The Kier molecular flexibility index (Phi) is 4.39. The fourth-order valence-electron chi connectivity index (χ4n) is 1.25. The minimum atomic E-state index is -0.261. The molecule has 1 fully saturated rings. The Balaban J connectivity index is 2.10. The summed E-state index contributed by atoms with van der Waals surface area (Å²) < 4.78 is -0.261. The van der Waals surface area contributed by atoms with Crippen molar-refractivity contribution in [2.45, 2.75) is 23.3 Å². The molecule has 0 aromatic rings. The lowest BCUT2D eigenvalue weighted by Crippen LogP contribution is -2.26. The van der Waals surface area contributed by atoms with Gasteiger partial charge in [-0.3, -0.25) is 4.79 Å². The molecule has 1 saturated heterocycles. The van der Waals surface area contributed by atoms with Crippen molar-refractivity contribution < 1.29 is 4.79 Å². The molecular formula is C7H11Cl2NOSi. The van der Waals surface area contributed by atoms with Gasteiger partial charge in [-0.15, -0.1) is 23.2 Å². The third kappa shape index (κ3) is 3.33. The van der Waals surface area contributed by atoms with E-state index in [9.17, 15) is 4.79 Å². The first kappa shape index (κ1) is 10.3. The molecule has 0 saturated carbocycles. The van der Waals surface area contributed by atoms with Gasteiger partial charge in [-0.25, -0.2) is 0 Å². The van der Waals surface area contributed by atoms with Gasteiger partial charge in [0.05, 0.1) is 14.0 Å². The highest BCUT2D eigenvalue weighted by atomic mass is 35.5. The molecule has 1 aliphatic rings. The quantitative estimate of drug-likeness (QED) is 0.523. The van der Waals surface area contributed by atoms with E-state index < -0.39 is 0 Å². The van der Waals surface area contributed by atoms with Crippen molar-refractivity contribution in [1.29, 1.82) is 0 Å². The second-order valence-electron chi connectivity index (χ2n) is 2.74. The molecule has 1 rings (SSSR count). The van der Waals surface area contributed by atoms with E-state index in [0.717, 1.165) is 25.6 Å². The molecule has 0 bridgehead atoms. The maximum Gasteiger partial charge on any atom is 0.222 e. The van der Waals surface area contributed by atoms with E-state index in [4.69, 9.17) is 23.2 Å². The molecule has 0 spiro atoms. The van der Waals surface area contributed by atoms with Crippen molar-refractivity contribution in [1.82, 2.24) is 4.90 Å². The lowest BCUT2D eigenvalue weighted by atomic mass is 10.4. The zero-order chi connectivity index (χ0) is 8.97. The minimum Gasteiger partial charge on any atom is -0.343 e. The van der Waals surface area contributed by atoms with Crippen LogP contribution in [0.25, 0.3) is 0 Å². The number of likely N-dealkylation sites (tertiary alicyclic amines) is 1. The summed E-state index contributed by atoms with van der Waals surface area (Å²) in [6.07, 6.45) is 1.72. The predicted octanol–water partition coefficient (Wildman–Crippen LogP) is 1.49. The van der Waals surface area contributed by atoms with Gasteiger partial charge in [-0.05, 0) is 12.5 Å². The van der Waals surface area contributed by atoms with Gasteiger partial charge in [0.1, 0.15) is 0 Å². The fraction of sp³-hybridized carbons (Fsp3) is 0.857. The van der Waals surface area contributed by atoms with Crippen LogP contribution in [0.5, 0.6) is 0 Å². The SMILES string of the molecule is O=C1CCCN1CC[Si]C(Cl)Cl. The Hall–Kier alpha value is 0.267. The zero-order valence-corrected chi connectivity index (χ0v) is 9.24. The van der Waals surface area contributed by atoms with Crippen LogP contribution in [0, 0.1) is 0 Å². The average Bonchev–Trinajstić information content (AvgIpc) is 2.36. The molecule has 0 unspecified atom stereocenters. The van der Waals surface area contributed by atoms with E-state index in [0.29, 0.717) is 15.9 Å². The Morgan fingerprint density at radius 2 is 2.33 bits per heavy atom. The summed E-state index contributed by atoms with van der Waals surface area (Å²) in [7, 11) is 0.542. The largest absolute Gasteiger partial charge is 0.343 e. The monoisotopic (exact) mass is 223 g/mol. The van der Waals surface area contributed by atoms with Crippen LogP contribution in [-0.2, 0) is 4.79 Å². The van der Waals surface area contributed by atoms with Gasteiger partial charge in [-0.2, -0.15) is 0 Å². The van der Waals surface area contributed by atoms with Gasteiger partial charge < -0.3 is 4.90 Å². The second kappa shape index (κ2) is 5.10. The first-order valence-corrected chi connectivity index (χ1v) is 6.15. The standard InChI is InChI=1S/C7H11Cl2NOSi/c8-7(9)12-5-4-10-3-1-2-6(10)11/h7H,1-5H2. The van der Waals surface area contributed by atoms with Gasteiger partial charge in [0, 0.05) is 19.5 Å². The van der Waals surface area contributed by atoms with Crippen molar-refractivity contribution in [3.8, 4) is 0 Å². The lowest BCUT2D eigenvalue weighted by Gasteiger charge is -2.14. The highest BCUT2D eigenvalue weighted by Crippen LogP contribution is 2.10. The van der Waals surface area contributed by atoms with Crippen LogP contribution in [-0.4, -0.2) is 37.9 Å². The number of hydrogen-bond donors (Lipinski definition) is 0. The fourth-order valence-corrected chi connectivity index (χ4v) is 2.52. The predicted molar refractivity (Wildman–Crippen MR) is 51.9 cm³/mol. The molecule has 0 N–H and O–H groups in total. The van der Waals surface area contributed by atoms with E-state index in [1.165, 1.54) is 0 Å². The van der Waals surface area contributed by atoms with Gasteiger partial charge in [0.25, 0.3) is 0 Å². The molecule has 2 nitrogen and oxygen atoms in total. The Morgan fingerprint density at radius 1 is 1.58 bits per heavy atom. The molecule has 1 amide bonds. The summed E-state index contributed by atoms with van der Waals surface area (Å²) in [4.78, 5) is 13.0. The Bertz CT molecular complexity index is 165. The molecule has 5 heteroatoms. The molecule has 0 aromatic heterocycles. The van der Waals surface area contributed by atoms with Crippen LogP contribution >= 0.6 is 23.2 Å². The van der Waals surface area contributed by atoms with E-state index in [2.05, 4.69) is 0 Å². The molecule has 68 valence electrons. The highest BCUT2D eigenvalue weighted by Gasteiger charge is 2.19. The molecule has 0 atom stereocenters. The topological polar surface area (TPSA) is 20.3 Å². The number of nitrogens with zero attached hydrogens (tertiary/aromatic N) is 1. The smallest absolute Gasteiger partial charge is 0.222 e. The van der Waals surface area contributed by atoms with Crippen molar-refractivity contribution in [3.63, 3.8) is 0 Å². The van der Waals surface area contributed by atoms with Gasteiger partial charge in [-0.1, -0.05) is 0 Å². The van der Waals surface area contributed by atoms with Crippen molar-refractivity contribution in [2.24, 2.45) is 0 Å². The van der Waals surface area contributed by atoms with Crippen molar-refractivity contribution in [3.05, 3.63) is 0 Å². The number of rotatable bonds is 4. The summed E-state index contributed by atoms with van der Waals surface area (Å²) in [6.45, 7) is 1.74. The number of carbonyl (C=O) groups is 1. The molecule has 0 aliphatic carbocycles. The number of halogens is 2. The van der Waals surface area contributed by atoms with Crippen LogP contribution in [0.2, 0.25) is 6.04 Å². The van der Waals surface area contributed by atoms with E-state index in [1.54, 1.807) is 0 Å². The number of alkyl halides is 2. The maximum atomic E-state index is 11.1. The molecule has 1 aliphatic heterocycles. The summed E-state index contributed by atoms with van der Waals surface area (Å²) in [5.41, 5.74) is 0. The zero-order valence-electron chi connectivity index (χ0n) is 6.72. The van der Waals surface area contributed by atoms with Gasteiger partial charge in [0.15, 0.2) is 0 Å². The maximum absolute atomic E-state index is 11.1. The number of carbonyl (C=O) groups excluding carboxylic acids is 1. The highest BCUT2D eigenvalue weighted by molar-refractivity contribution is 6.68. The Morgan fingerprint density at radius 3 is 2.83 bits per heavy atom. The summed E-state index contributed by atoms with van der Waals surface area (Å²) in [5, 5.41) is 0. The van der Waals surface area contributed by atoms with Crippen LogP contribution in [0.1, 0.15) is 12.8 Å². The normalized spacial score (nSPS) is 17.9. The third-order valence-electron chi connectivity index (χ3n) is 1.85. The van der Waals surface area contributed by atoms with Crippen molar-refractivity contribution in [2.75, 3.05) is 13.1 Å². The first-order chi connectivity index (χ1) is 5.70. The first-order valence-electron chi connectivity index (χ1n) is 3.99.